The molecule has 1 rings (SSSR count). The normalized spacial score (nSPS) is 23.1. The molecule has 0 aliphatic heterocycles. The predicted molar refractivity (Wildman–Crippen MR) is 91.7 cm³/mol. The minimum atomic E-state index is -0.145. The molecule has 0 heterocycles. The third-order valence-electron chi connectivity index (χ3n) is 4.72. The van der Waals surface area contributed by atoms with Crippen LogP contribution >= 0.6 is 0 Å². The van der Waals surface area contributed by atoms with Crippen molar-refractivity contribution in [1.29, 1.82) is 0 Å². The third kappa shape index (κ3) is 4.58. The molecule has 1 aliphatic rings. The summed E-state index contributed by atoms with van der Waals surface area (Å²) in [4.78, 5) is 4.77. The standard InChI is InChI=1S/C18H34N2O/c1-7-19(8-2)13-16-11-15(5)12-18(6,17(16)21)14-20(9-3)10-4/h11,21H,7-10,12-14H2,1-6H3. The lowest BCUT2D eigenvalue weighted by molar-refractivity contribution is 0.146. The van der Waals surface area contributed by atoms with Gasteiger partial charge in [-0.3, -0.25) is 4.90 Å². The number of likely N-dealkylation sites (N-methyl/N-ethyl adjacent to an activating group) is 1. The predicted octanol–water partition coefficient (Wildman–Crippen LogP) is 3.84. The van der Waals surface area contributed by atoms with Gasteiger partial charge in [0.15, 0.2) is 0 Å². The van der Waals surface area contributed by atoms with Crippen LogP contribution in [-0.4, -0.2) is 54.2 Å². The summed E-state index contributed by atoms with van der Waals surface area (Å²) in [6.45, 7) is 19.0. The van der Waals surface area contributed by atoms with E-state index in [-0.39, 0.29) is 5.41 Å². The molecule has 0 saturated carbocycles. The highest BCUT2D eigenvalue weighted by atomic mass is 16.3. The second-order valence-corrected chi connectivity index (χ2v) is 6.52. The Bertz CT molecular complexity index is 392. The highest BCUT2D eigenvalue weighted by molar-refractivity contribution is 5.36. The Morgan fingerprint density at radius 3 is 2.05 bits per heavy atom. The number of aliphatic hydroxyl groups is 1. The molecule has 0 aromatic heterocycles. The first kappa shape index (κ1) is 18.2. The highest BCUT2D eigenvalue weighted by Crippen LogP contribution is 2.39. The Kier molecular flexibility index (Phi) is 6.95. The van der Waals surface area contributed by atoms with Gasteiger partial charge in [0, 0.05) is 24.1 Å². The van der Waals surface area contributed by atoms with E-state index in [4.69, 9.17) is 0 Å². The van der Waals surface area contributed by atoms with Crippen molar-refractivity contribution in [2.24, 2.45) is 5.41 Å². The topological polar surface area (TPSA) is 26.7 Å². The van der Waals surface area contributed by atoms with Crippen LogP contribution in [-0.2, 0) is 0 Å². The molecule has 0 radical (unpaired) electrons. The summed E-state index contributed by atoms with van der Waals surface area (Å²) in [7, 11) is 0. The first-order valence-corrected chi connectivity index (χ1v) is 8.44. The zero-order valence-corrected chi connectivity index (χ0v) is 14.9. The molecule has 0 bridgehead atoms. The molecule has 122 valence electrons. The molecule has 3 heteroatoms. The van der Waals surface area contributed by atoms with Crippen LogP contribution in [0.2, 0.25) is 0 Å². The lowest BCUT2D eigenvalue weighted by atomic mass is 9.75. The van der Waals surface area contributed by atoms with Gasteiger partial charge in [-0.05, 0) is 39.5 Å². The fourth-order valence-corrected chi connectivity index (χ4v) is 3.38. The minimum absolute atomic E-state index is 0.145. The number of rotatable bonds is 8. The second kappa shape index (κ2) is 8.00. The quantitative estimate of drug-likeness (QED) is 0.737. The molecule has 1 N–H and O–H groups in total. The Hall–Kier alpha value is -0.800. The summed E-state index contributed by atoms with van der Waals surface area (Å²) in [5.74, 6) is 0.604. The van der Waals surface area contributed by atoms with Crippen molar-refractivity contribution in [2.45, 2.75) is 48.0 Å². The van der Waals surface area contributed by atoms with Gasteiger partial charge in [-0.15, -0.1) is 0 Å². The van der Waals surface area contributed by atoms with Crippen LogP contribution in [0.4, 0.5) is 0 Å². The van der Waals surface area contributed by atoms with Crippen LogP contribution in [0.5, 0.6) is 0 Å². The molecule has 1 atom stereocenters. The Balaban J connectivity index is 3.01. The van der Waals surface area contributed by atoms with E-state index in [1.165, 1.54) is 5.57 Å². The van der Waals surface area contributed by atoms with E-state index in [1.807, 2.05) is 0 Å². The molecule has 0 amide bonds. The van der Waals surface area contributed by atoms with Gasteiger partial charge in [-0.2, -0.15) is 0 Å². The van der Waals surface area contributed by atoms with Crippen molar-refractivity contribution >= 4 is 0 Å². The number of hydrogen-bond acceptors (Lipinski definition) is 3. The monoisotopic (exact) mass is 294 g/mol. The summed E-state index contributed by atoms with van der Waals surface area (Å²) < 4.78 is 0. The van der Waals surface area contributed by atoms with Crippen LogP contribution in [0, 0.1) is 5.41 Å². The zero-order chi connectivity index (χ0) is 16.0. The summed E-state index contributed by atoms with van der Waals surface area (Å²) in [5, 5.41) is 10.9. The summed E-state index contributed by atoms with van der Waals surface area (Å²) in [6, 6.07) is 0. The maximum atomic E-state index is 10.9. The lowest BCUT2D eigenvalue weighted by Gasteiger charge is -2.38. The van der Waals surface area contributed by atoms with E-state index in [0.29, 0.717) is 5.76 Å². The van der Waals surface area contributed by atoms with Gasteiger partial charge in [-0.25, -0.2) is 0 Å². The van der Waals surface area contributed by atoms with E-state index in [9.17, 15) is 5.11 Å². The fraction of sp³-hybridized carbons (Fsp3) is 0.778. The van der Waals surface area contributed by atoms with E-state index in [0.717, 1.165) is 51.3 Å². The van der Waals surface area contributed by atoms with Crippen molar-refractivity contribution in [3.05, 3.63) is 23.0 Å². The molecule has 0 saturated heterocycles. The molecule has 0 aromatic rings. The van der Waals surface area contributed by atoms with Crippen LogP contribution in [0.15, 0.2) is 23.0 Å². The fourth-order valence-electron chi connectivity index (χ4n) is 3.38. The first-order chi connectivity index (χ1) is 9.89. The SMILES string of the molecule is CCN(CC)CC1=C(O)C(C)(CN(CC)CC)CC(C)=C1. The van der Waals surface area contributed by atoms with Gasteiger partial charge < -0.3 is 10.0 Å². The molecular weight excluding hydrogens is 260 g/mol. The Morgan fingerprint density at radius 1 is 1.05 bits per heavy atom. The third-order valence-corrected chi connectivity index (χ3v) is 4.72. The first-order valence-electron chi connectivity index (χ1n) is 8.44. The second-order valence-electron chi connectivity index (χ2n) is 6.52. The maximum Gasteiger partial charge on any atom is 0.104 e. The van der Waals surface area contributed by atoms with Gasteiger partial charge >= 0.3 is 0 Å². The van der Waals surface area contributed by atoms with Gasteiger partial charge in [-0.1, -0.05) is 46.3 Å². The molecule has 21 heavy (non-hydrogen) atoms. The molecule has 0 spiro atoms. The number of allylic oxidation sites excluding steroid dienone is 1. The van der Waals surface area contributed by atoms with Gasteiger partial charge in [0.05, 0.1) is 0 Å². The molecule has 1 unspecified atom stereocenters. The van der Waals surface area contributed by atoms with E-state index in [1.54, 1.807) is 0 Å². The maximum absolute atomic E-state index is 10.9. The smallest absolute Gasteiger partial charge is 0.104 e. The van der Waals surface area contributed by atoms with Crippen molar-refractivity contribution in [2.75, 3.05) is 39.3 Å². The van der Waals surface area contributed by atoms with Gasteiger partial charge in [0.25, 0.3) is 0 Å². The Morgan fingerprint density at radius 2 is 1.57 bits per heavy atom. The number of aliphatic hydroxyl groups excluding tert-OH is 1. The minimum Gasteiger partial charge on any atom is -0.511 e. The number of hydrogen-bond donors (Lipinski definition) is 1. The summed E-state index contributed by atoms with van der Waals surface area (Å²) in [6.07, 6.45) is 3.15. The molecule has 0 aromatic carbocycles. The largest absolute Gasteiger partial charge is 0.511 e. The van der Waals surface area contributed by atoms with E-state index >= 15 is 0 Å². The molecule has 3 nitrogen and oxygen atoms in total. The van der Waals surface area contributed by atoms with Crippen molar-refractivity contribution in [3.8, 4) is 0 Å². The molecule has 0 fully saturated rings. The van der Waals surface area contributed by atoms with E-state index in [2.05, 4.69) is 57.4 Å². The lowest BCUT2D eigenvalue weighted by Crippen LogP contribution is -2.40. The molecular formula is C18H34N2O. The van der Waals surface area contributed by atoms with Crippen LogP contribution in [0.3, 0.4) is 0 Å². The highest BCUT2D eigenvalue weighted by Gasteiger charge is 2.35. The van der Waals surface area contributed by atoms with Crippen molar-refractivity contribution in [1.82, 2.24) is 9.80 Å². The van der Waals surface area contributed by atoms with Crippen molar-refractivity contribution in [3.63, 3.8) is 0 Å². The van der Waals surface area contributed by atoms with Gasteiger partial charge in [0.1, 0.15) is 5.76 Å². The van der Waals surface area contributed by atoms with Gasteiger partial charge in [0.2, 0.25) is 0 Å². The van der Waals surface area contributed by atoms with Crippen LogP contribution in [0.1, 0.15) is 48.0 Å². The van der Waals surface area contributed by atoms with Crippen molar-refractivity contribution < 1.29 is 5.11 Å². The summed E-state index contributed by atoms with van der Waals surface area (Å²) in [5.41, 5.74) is 2.34. The average Bonchev–Trinajstić information content (AvgIpc) is 2.47. The van der Waals surface area contributed by atoms with Crippen LogP contribution < -0.4 is 0 Å². The van der Waals surface area contributed by atoms with Crippen LogP contribution in [0.25, 0.3) is 0 Å². The van der Waals surface area contributed by atoms with E-state index < -0.39 is 0 Å². The summed E-state index contributed by atoms with van der Waals surface area (Å²) >= 11 is 0. The Labute approximate surface area is 131 Å². The zero-order valence-electron chi connectivity index (χ0n) is 14.9. The average molecular weight is 294 g/mol. The number of nitrogens with zero attached hydrogens (tertiary/aromatic N) is 2. The molecule has 1 aliphatic carbocycles.